The zero-order valence-corrected chi connectivity index (χ0v) is 19.9. The summed E-state index contributed by atoms with van der Waals surface area (Å²) in [6.07, 6.45) is 5.59. The van der Waals surface area contributed by atoms with E-state index in [0.717, 1.165) is 50.1 Å². The average molecular weight is 443 g/mol. The van der Waals surface area contributed by atoms with Crippen LogP contribution in [0, 0.1) is 6.92 Å². The van der Waals surface area contributed by atoms with Crippen molar-refractivity contribution in [3.8, 4) is 5.69 Å². The minimum atomic E-state index is -0.255. The third kappa shape index (κ3) is 4.36. The molecular weight excluding hydrogens is 412 g/mol. The van der Waals surface area contributed by atoms with Crippen LogP contribution < -0.4 is 5.56 Å². The Bertz CT molecular complexity index is 1100. The molecule has 3 aromatic rings. The zero-order valence-electron chi connectivity index (χ0n) is 18.3. The van der Waals surface area contributed by atoms with Gasteiger partial charge in [0.2, 0.25) is 0 Å². The molecule has 0 N–H and O–H groups in total. The molecule has 4 nitrogen and oxygen atoms in total. The lowest BCUT2D eigenvalue weighted by atomic mass is 9.94. The molecule has 3 heterocycles. The van der Waals surface area contributed by atoms with Crippen LogP contribution in [-0.4, -0.2) is 20.9 Å². The minimum absolute atomic E-state index is 0.0510. The van der Waals surface area contributed by atoms with E-state index in [2.05, 4.69) is 39.8 Å². The first-order valence-electron chi connectivity index (χ1n) is 10.8. The first kappa shape index (κ1) is 21.6. The molecular formula is C24H30N2O2S2. The number of benzene rings is 1. The first-order valence-corrected chi connectivity index (χ1v) is 12.6. The molecule has 1 aliphatic heterocycles. The molecule has 6 heteroatoms. The molecule has 4 rings (SSSR count). The topological polar surface area (TPSA) is 44.1 Å². The highest BCUT2D eigenvalue weighted by Crippen LogP contribution is 2.38. The Labute approximate surface area is 186 Å². The summed E-state index contributed by atoms with van der Waals surface area (Å²) < 4.78 is 7.81. The summed E-state index contributed by atoms with van der Waals surface area (Å²) in [4.78, 5) is 20.8. The molecule has 0 atom stereocenters. The van der Waals surface area contributed by atoms with E-state index in [-0.39, 0.29) is 11.2 Å². The van der Waals surface area contributed by atoms with Gasteiger partial charge < -0.3 is 4.74 Å². The molecule has 0 spiro atoms. The van der Waals surface area contributed by atoms with Crippen LogP contribution in [0.4, 0.5) is 0 Å². The maximum absolute atomic E-state index is 13.8. The van der Waals surface area contributed by atoms with Gasteiger partial charge in [-0.2, -0.15) is 0 Å². The Morgan fingerprint density at radius 2 is 1.97 bits per heavy atom. The molecule has 1 aliphatic rings. The Kier molecular flexibility index (Phi) is 6.37. The molecule has 0 saturated heterocycles. The molecule has 160 valence electrons. The number of fused-ring (bicyclic) bond motifs is 3. The highest BCUT2D eigenvalue weighted by Gasteiger charge is 2.31. The van der Waals surface area contributed by atoms with Gasteiger partial charge in [-0.1, -0.05) is 55.6 Å². The quantitative estimate of drug-likeness (QED) is 0.245. The second-order valence-corrected chi connectivity index (χ2v) is 10.8. The molecule has 0 bridgehead atoms. The summed E-state index contributed by atoms with van der Waals surface area (Å²) >= 11 is 3.32. The fourth-order valence-electron chi connectivity index (χ4n) is 3.88. The van der Waals surface area contributed by atoms with E-state index in [9.17, 15) is 4.79 Å². The van der Waals surface area contributed by atoms with Crippen molar-refractivity contribution in [3.63, 3.8) is 0 Å². The molecule has 0 unspecified atom stereocenters. The molecule has 0 amide bonds. The molecule has 0 radical (unpaired) electrons. The van der Waals surface area contributed by atoms with E-state index in [4.69, 9.17) is 9.72 Å². The monoisotopic (exact) mass is 442 g/mol. The Morgan fingerprint density at radius 3 is 2.70 bits per heavy atom. The largest absolute Gasteiger partial charge is 0.370 e. The molecule has 0 fully saturated rings. The van der Waals surface area contributed by atoms with Crippen LogP contribution in [0.25, 0.3) is 15.9 Å². The van der Waals surface area contributed by atoms with Crippen LogP contribution in [0.15, 0.2) is 34.2 Å². The fourth-order valence-corrected chi connectivity index (χ4v) is 6.04. The summed E-state index contributed by atoms with van der Waals surface area (Å²) in [7, 11) is 0. The number of rotatable bonds is 7. The molecule has 2 aromatic heterocycles. The first-order chi connectivity index (χ1) is 14.4. The van der Waals surface area contributed by atoms with Crippen LogP contribution >= 0.6 is 23.1 Å². The Balaban J connectivity index is 1.82. The van der Waals surface area contributed by atoms with Gasteiger partial charge in [0.05, 0.1) is 23.3 Å². The third-order valence-electron chi connectivity index (χ3n) is 5.60. The predicted octanol–water partition coefficient (Wildman–Crippen LogP) is 6.28. The molecule has 0 saturated carbocycles. The van der Waals surface area contributed by atoms with Gasteiger partial charge in [-0.25, -0.2) is 4.98 Å². The highest BCUT2D eigenvalue weighted by atomic mass is 32.2. The lowest BCUT2D eigenvalue weighted by Crippen LogP contribution is -2.32. The predicted molar refractivity (Wildman–Crippen MR) is 127 cm³/mol. The van der Waals surface area contributed by atoms with Gasteiger partial charge in [-0.3, -0.25) is 9.36 Å². The molecule has 0 aliphatic carbocycles. The second kappa shape index (κ2) is 8.85. The van der Waals surface area contributed by atoms with Crippen molar-refractivity contribution in [3.05, 3.63) is 50.6 Å². The van der Waals surface area contributed by atoms with Crippen molar-refractivity contribution >= 4 is 33.3 Å². The summed E-state index contributed by atoms with van der Waals surface area (Å²) in [5.41, 5.74) is 3.00. The van der Waals surface area contributed by atoms with E-state index in [1.165, 1.54) is 24.8 Å². The van der Waals surface area contributed by atoms with Gasteiger partial charge in [0, 0.05) is 17.1 Å². The Morgan fingerprint density at radius 1 is 1.20 bits per heavy atom. The SMILES string of the molecule is CCCCCCSc1nc2sc3c(c2c(=O)n1-c1ccc(C)cc1)CC(C)(C)OC3. The maximum Gasteiger partial charge on any atom is 0.267 e. The minimum Gasteiger partial charge on any atom is -0.370 e. The van der Waals surface area contributed by atoms with Gasteiger partial charge in [0.1, 0.15) is 4.83 Å². The number of nitrogens with zero attached hydrogens (tertiary/aromatic N) is 2. The van der Waals surface area contributed by atoms with Gasteiger partial charge in [-0.05, 0) is 44.9 Å². The Hall–Kier alpha value is -1.63. The van der Waals surface area contributed by atoms with Crippen molar-refractivity contribution in [1.82, 2.24) is 9.55 Å². The maximum atomic E-state index is 13.8. The number of hydrogen-bond donors (Lipinski definition) is 0. The van der Waals surface area contributed by atoms with Gasteiger partial charge in [0.25, 0.3) is 5.56 Å². The van der Waals surface area contributed by atoms with E-state index < -0.39 is 0 Å². The lowest BCUT2D eigenvalue weighted by molar-refractivity contribution is -0.0379. The van der Waals surface area contributed by atoms with Crippen molar-refractivity contribution < 1.29 is 4.74 Å². The molecule has 1 aromatic carbocycles. The van der Waals surface area contributed by atoms with Crippen LogP contribution in [0.2, 0.25) is 0 Å². The van der Waals surface area contributed by atoms with E-state index in [1.807, 2.05) is 16.7 Å². The van der Waals surface area contributed by atoms with E-state index in [0.29, 0.717) is 6.61 Å². The number of ether oxygens (including phenoxy) is 1. The second-order valence-electron chi connectivity index (χ2n) is 8.69. The highest BCUT2D eigenvalue weighted by molar-refractivity contribution is 7.99. The smallest absolute Gasteiger partial charge is 0.267 e. The van der Waals surface area contributed by atoms with Crippen LogP contribution in [0.3, 0.4) is 0 Å². The summed E-state index contributed by atoms with van der Waals surface area (Å²) in [5, 5.41) is 1.58. The van der Waals surface area contributed by atoms with Gasteiger partial charge in [-0.15, -0.1) is 11.3 Å². The standard InChI is InChI=1S/C24H30N2O2S2/c1-5-6-7-8-13-29-23-25-21-20(18-14-24(3,4)28-15-19(18)30-21)22(27)26(23)17-11-9-16(2)10-12-17/h9-12H,5-8,13-15H2,1-4H3. The lowest BCUT2D eigenvalue weighted by Gasteiger charge is -2.29. The van der Waals surface area contributed by atoms with Crippen LogP contribution in [-0.2, 0) is 17.8 Å². The van der Waals surface area contributed by atoms with Crippen molar-refractivity contribution in [2.45, 2.75) is 77.2 Å². The van der Waals surface area contributed by atoms with Gasteiger partial charge in [0.15, 0.2) is 5.16 Å². The van der Waals surface area contributed by atoms with Crippen molar-refractivity contribution in [1.29, 1.82) is 0 Å². The number of aromatic nitrogens is 2. The number of thioether (sulfide) groups is 1. The molecule has 30 heavy (non-hydrogen) atoms. The summed E-state index contributed by atoms with van der Waals surface area (Å²) in [5.74, 6) is 0.977. The normalized spacial score (nSPS) is 15.5. The van der Waals surface area contributed by atoms with Gasteiger partial charge >= 0.3 is 0 Å². The van der Waals surface area contributed by atoms with Crippen molar-refractivity contribution in [2.75, 3.05) is 5.75 Å². The van der Waals surface area contributed by atoms with E-state index >= 15 is 0 Å². The van der Waals surface area contributed by atoms with E-state index in [1.54, 1.807) is 23.1 Å². The average Bonchev–Trinajstić information content (AvgIpc) is 3.05. The van der Waals surface area contributed by atoms with Crippen molar-refractivity contribution in [2.24, 2.45) is 0 Å². The number of unbranched alkanes of at least 4 members (excludes halogenated alkanes) is 3. The number of aryl methyl sites for hydroxylation is 1. The summed E-state index contributed by atoms with van der Waals surface area (Å²) in [6.45, 7) is 9.03. The number of thiophene rings is 1. The van der Waals surface area contributed by atoms with Crippen LogP contribution in [0.1, 0.15) is 62.5 Å². The third-order valence-corrected chi connectivity index (χ3v) is 7.72. The van der Waals surface area contributed by atoms with Crippen LogP contribution in [0.5, 0.6) is 0 Å². The fraction of sp³-hybridized carbons (Fsp3) is 0.500. The summed E-state index contributed by atoms with van der Waals surface area (Å²) in [6, 6.07) is 8.16. The number of hydrogen-bond acceptors (Lipinski definition) is 5. The zero-order chi connectivity index (χ0) is 21.3.